The number of unbranched alkanes of at least 4 members (excludes halogenated alkanes) is 1. The number of benzene rings is 1. The highest BCUT2D eigenvalue weighted by Crippen LogP contribution is 2.15. The number of hydrogen-bond donors (Lipinski definition) is 0. The highest BCUT2D eigenvalue weighted by molar-refractivity contribution is 5.55. The monoisotopic (exact) mass is 279 g/mol. The number of aryl methyl sites for hydroxylation is 1. The number of aromatic nitrogens is 5. The van der Waals surface area contributed by atoms with Gasteiger partial charge in [0.15, 0.2) is 11.6 Å². The van der Waals surface area contributed by atoms with Gasteiger partial charge in [-0.2, -0.15) is 0 Å². The summed E-state index contributed by atoms with van der Waals surface area (Å²) in [4.78, 5) is 8.88. The molecule has 0 atom stereocenters. The van der Waals surface area contributed by atoms with Crippen LogP contribution in [0.3, 0.4) is 0 Å². The molecule has 0 radical (unpaired) electrons. The Balaban J connectivity index is 1.88. The van der Waals surface area contributed by atoms with Crippen LogP contribution >= 0.6 is 0 Å². The van der Waals surface area contributed by atoms with Gasteiger partial charge in [0, 0.05) is 17.8 Å². The van der Waals surface area contributed by atoms with Gasteiger partial charge in [0.25, 0.3) is 0 Å². The first-order valence-corrected chi connectivity index (χ1v) is 7.17. The quantitative estimate of drug-likeness (QED) is 0.720. The van der Waals surface area contributed by atoms with Gasteiger partial charge in [0.1, 0.15) is 0 Å². The molecule has 2 aromatic heterocycles. The Hall–Kier alpha value is -2.56. The van der Waals surface area contributed by atoms with Gasteiger partial charge in [0.05, 0.1) is 11.9 Å². The first-order chi connectivity index (χ1) is 10.4. The molecule has 3 aromatic rings. The van der Waals surface area contributed by atoms with Crippen molar-refractivity contribution < 1.29 is 0 Å². The van der Waals surface area contributed by atoms with Gasteiger partial charge in [0.2, 0.25) is 0 Å². The molecule has 0 amide bonds. The molecule has 0 bridgehead atoms. The van der Waals surface area contributed by atoms with E-state index >= 15 is 0 Å². The van der Waals surface area contributed by atoms with E-state index in [1.807, 2.05) is 42.6 Å². The zero-order valence-corrected chi connectivity index (χ0v) is 12.0. The van der Waals surface area contributed by atoms with Crippen molar-refractivity contribution >= 4 is 0 Å². The molecule has 1 aromatic carbocycles. The summed E-state index contributed by atoms with van der Waals surface area (Å²) in [6, 6.07) is 11.8. The Kier molecular flexibility index (Phi) is 4.00. The minimum Gasteiger partial charge on any atom is -0.236 e. The van der Waals surface area contributed by atoms with Gasteiger partial charge in [-0.05, 0) is 12.8 Å². The standard InChI is InChI=1S/C16H17N5/c1-2-3-9-14-12-21(20-19-14)15-10-11-17-16(18-15)13-7-5-4-6-8-13/h4-8,10-12H,2-3,9H2,1H3. The van der Waals surface area contributed by atoms with Gasteiger partial charge < -0.3 is 0 Å². The van der Waals surface area contributed by atoms with Crippen LogP contribution < -0.4 is 0 Å². The lowest BCUT2D eigenvalue weighted by atomic mass is 10.2. The fourth-order valence-electron chi connectivity index (χ4n) is 2.09. The van der Waals surface area contributed by atoms with Crippen LogP contribution in [0.25, 0.3) is 17.2 Å². The number of hydrogen-bond acceptors (Lipinski definition) is 4. The normalized spacial score (nSPS) is 10.7. The molecule has 0 saturated heterocycles. The van der Waals surface area contributed by atoms with Crippen LogP contribution in [0.1, 0.15) is 25.5 Å². The van der Waals surface area contributed by atoms with E-state index in [9.17, 15) is 0 Å². The molecule has 0 saturated carbocycles. The molecule has 21 heavy (non-hydrogen) atoms. The fraction of sp³-hybridized carbons (Fsp3) is 0.250. The summed E-state index contributed by atoms with van der Waals surface area (Å²) in [7, 11) is 0. The van der Waals surface area contributed by atoms with Crippen LogP contribution in [-0.4, -0.2) is 25.0 Å². The van der Waals surface area contributed by atoms with Gasteiger partial charge in [-0.15, -0.1) is 5.10 Å². The second kappa shape index (κ2) is 6.26. The predicted molar refractivity (Wildman–Crippen MR) is 81.0 cm³/mol. The molecule has 0 aliphatic heterocycles. The van der Waals surface area contributed by atoms with Crippen LogP contribution in [0, 0.1) is 0 Å². The Labute approximate surface area is 123 Å². The van der Waals surface area contributed by atoms with Crippen molar-refractivity contribution in [2.24, 2.45) is 0 Å². The molecule has 2 heterocycles. The Morgan fingerprint density at radius 2 is 1.95 bits per heavy atom. The first-order valence-electron chi connectivity index (χ1n) is 7.17. The van der Waals surface area contributed by atoms with Crippen LogP contribution in [-0.2, 0) is 6.42 Å². The molecular formula is C16H17N5. The summed E-state index contributed by atoms with van der Waals surface area (Å²) >= 11 is 0. The lowest BCUT2D eigenvalue weighted by Crippen LogP contribution is -2.00. The van der Waals surface area contributed by atoms with Crippen LogP contribution in [0.2, 0.25) is 0 Å². The van der Waals surface area contributed by atoms with Crippen molar-refractivity contribution in [3.05, 3.63) is 54.5 Å². The average molecular weight is 279 g/mol. The molecule has 0 unspecified atom stereocenters. The summed E-state index contributed by atoms with van der Waals surface area (Å²) in [5.74, 6) is 1.43. The van der Waals surface area contributed by atoms with E-state index in [4.69, 9.17) is 0 Å². The van der Waals surface area contributed by atoms with E-state index in [1.165, 1.54) is 0 Å². The summed E-state index contributed by atoms with van der Waals surface area (Å²) in [5, 5.41) is 8.34. The van der Waals surface area contributed by atoms with Gasteiger partial charge >= 0.3 is 0 Å². The Bertz CT molecular complexity index is 705. The van der Waals surface area contributed by atoms with E-state index in [2.05, 4.69) is 27.2 Å². The minimum absolute atomic E-state index is 0.693. The second-order valence-electron chi connectivity index (χ2n) is 4.86. The molecule has 106 valence electrons. The fourth-order valence-corrected chi connectivity index (χ4v) is 2.09. The van der Waals surface area contributed by atoms with E-state index < -0.39 is 0 Å². The van der Waals surface area contributed by atoms with Crippen molar-refractivity contribution in [2.45, 2.75) is 26.2 Å². The molecule has 0 spiro atoms. The highest BCUT2D eigenvalue weighted by Gasteiger charge is 2.06. The predicted octanol–water partition coefficient (Wildman–Crippen LogP) is 3.07. The van der Waals surface area contributed by atoms with Crippen LogP contribution in [0.15, 0.2) is 48.8 Å². The highest BCUT2D eigenvalue weighted by atomic mass is 15.4. The Morgan fingerprint density at radius 3 is 2.76 bits per heavy atom. The third-order valence-corrected chi connectivity index (χ3v) is 3.23. The zero-order chi connectivity index (χ0) is 14.5. The maximum absolute atomic E-state index is 4.56. The summed E-state index contributed by atoms with van der Waals surface area (Å²) in [6.07, 6.45) is 6.91. The van der Waals surface area contributed by atoms with Gasteiger partial charge in [-0.25, -0.2) is 14.6 Å². The summed E-state index contributed by atoms with van der Waals surface area (Å²) in [5.41, 5.74) is 1.99. The smallest absolute Gasteiger partial charge is 0.161 e. The van der Waals surface area contributed by atoms with Crippen molar-refractivity contribution in [3.63, 3.8) is 0 Å². The van der Waals surface area contributed by atoms with Crippen molar-refractivity contribution in [2.75, 3.05) is 0 Å². The minimum atomic E-state index is 0.693. The van der Waals surface area contributed by atoms with Crippen molar-refractivity contribution in [1.29, 1.82) is 0 Å². The topological polar surface area (TPSA) is 56.5 Å². The SMILES string of the molecule is CCCCc1cn(-c2ccnc(-c3ccccc3)n2)nn1. The third kappa shape index (κ3) is 3.13. The number of rotatable bonds is 5. The van der Waals surface area contributed by atoms with Gasteiger partial charge in [-0.1, -0.05) is 48.9 Å². The largest absolute Gasteiger partial charge is 0.236 e. The van der Waals surface area contributed by atoms with Crippen molar-refractivity contribution in [1.82, 2.24) is 25.0 Å². The molecule has 0 aliphatic carbocycles. The van der Waals surface area contributed by atoms with E-state index in [1.54, 1.807) is 10.9 Å². The second-order valence-corrected chi connectivity index (χ2v) is 4.86. The molecule has 5 heteroatoms. The molecule has 0 fully saturated rings. The van der Waals surface area contributed by atoms with Crippen LogP contribution in [0.4, 0.5) is 0 Å². The van der Waals surface area contributed by atoms with Crippen LogP contribution in [0.5, 0.6) is 0 Å². The summed E-state index contributed by atoms with van der Waals surface area (Å²) < 4.78 is 1.71. The maximum Gasteiger partial charge on any atom is 0.161 e. The van der Waals surface area contributed by atoms with Gasteiger partial charge in [-0.3, -0.25) is 0 Å². The summed E-state index contributed by atoms with van der Waals surface area (Å²) in [6.45, 7) is 2.17. The maximum atomic E-state index is 4.56. The lowest BCUT2D eigenvalue weighted by molar-refractivity contribution is 0.755. The third-order valence-electron chi connectivity index (χ3n) is 3.23. The van der Waals surface area contributed by atoms with E-state index in [0.29, 0.717) is 5.82 Å². The lowest BCUT2D eigenvalue weighted by Gasteiger charge is -2.02. The molecule has 5 nitrogen and oxygen atoms in total. The van der Waals surface area contributed by atoms with E-state index in [0.717, 1.165) is 36.3 Å². The molecule has 0 N–H and O–H groups in total. The van der Waals surface area contributed by atoms with Crippen molar-refractivity contribution in [3.8, 4) is 17.2 Å². The molecule has 3 rings (SSSR count). The average Bonchev–Trinajstić information content (AvgIpc) is 3.03. The number of nitrogens with zero attached hydrogens (tertiary/aromatic N) is 5. The molecular weight excluding hydrogens is 262 g/mol. The first kappa shape index (κ1) is 13.4. The zero-order valence-electron chi connectivity index (χ0n) is 12.0. The van der Waals surface area contributed by atoms with E-state index in [-0.39, 0.29) is 0 Å². The molecule has 0 aliphatic rings. The Morgan fingerprint density at radius 1 is 1.10 bits per heavy atom.